The third kappa shape index (κ3) is 3.05. The van der Waals surface area contributed by atoms with Gasteiger partial charge in [0.05, 0.1) is 0 Å². The Morgan fingerprint density at radius 1 is 1.12 bits per heavy atom. The van der Waals surface area contributed by atoms with Crippen LogP contribution in [0.1, 0.15) is 89.8 Å². The zero-order valence-corrected chi connectivity index (χ0v) is 16.7. The summed E-state index contributed by atoms with van der Waals surface area (Å²) in [7, 11) is 0. The van der Waals surface area contributed by atoms with Crippen molar-refractivity contribution in [2.45, 2.75) is 91.0 Å². The molecule has 3 atom stereocenters. The molecule has 0 spiro atoms. The highest BCUT2D eigenvalue weighted by Gasteiger charge is 2.51. The fraction of sp³-hybridized carbons (Fsp3) is 0.739. The monoisotopic (exact) mass is 327 g/mol. The standard InChI is InChI=1S/C23H37N/c1-16(2)18-8-10-20-19(14-18)9-11-21-22(5,15-24-17(3)4)12-7-13-23(20,21)6/h8,10,14,16-17,21,24H,7,9,11-13,15H2,1-6H3/t21-,22-,23-/m0/s1. The minimum Gasteiger partial charge on any atom is -0.314 e. The van der Waals surface area contributed by atoms with E-state index < -0.39 is 0 Å². The van der Waals surface area contributed by atoms with Crippen molar-refractivity contribution >= 4 is 0 Å². The molecule has 3 rings (SSSR count). The third-order valence-electron chi connectivity index (χ3n) is 7.08. The predicted octanol–water partition coefficient (Wildman–Crippen LogP) is 5.82. The zero-order valence-electron chi connectivity index (χ0n) is 16.7. The second-order valence-electron chi connectivity index (χ2n) is 9.62. The minimum atomic E-state index is 0.370. The lowest BCUT2D eigenvalue weighted by Crippen LogP contribution is -2.53. The molecular weight excluding hydrogens is 290 g/mol. The van der Waals surface area contributed by atoms with Gasteiger partial charge in [-0.05, 0) is 65.0 Å². The van der Waals surface area contributed by atoms with Crippen molar-refractivity contribution < 1.29 is 0 Å². The van der Waals surface area contributed by atoms with Gasteiger partial charge in [-0.25, -0.2) is 0 Å². The van der Waals surface area contributed by atoms with Crippen LogP contribution in [-0.4, -0.2) is 12.6 Å². The maximum Gasteiger partial charge on any atom is 0.00106 e. The van der Waals surface area contributed by atoms with E-state index in [9.17, 15) is 0 Å². The fourth-order valence-corrected chi connectivity index (χ4v) is 5.65. The lowest BCUT2D eigenvalue weighted by atomic mass is 9.49. The molecule has 0 unspecified atom stereocenters. The fourth-order valence-electron chi connectivity index (χ4n) is 5.65. The maximum atomic E-state index is 3.75. The Morgan fingerprint density at radius 2 is 1.88 bits per heavy atom. The first-order chi connectivity index (χ1) is 11.3. The number of benzene rings is 1. The van der Waals surface area contributed by atoms with Gasteiger partial charge in [0, 0.05) is 12.6 Å². The number of aryl methyl sites for hydroxylation is 1. The van der Waals surface area contributed by atoms with E-state index in [2.05, 4.69) is 65.1 Å². The van der Waals surface area contributed by atoms with Crippen LogP contribution in [0.15, 0.2) is 18.2 Å². The Morgan fingerprint density at radius 3 is 2.54 bits per heavy atom. The van der Waals surface area contributed by atoms with Gasteiger partial charge in [-0.15, -0.1) is 0 Å². The van der Waals surface area contributed by atoms with E-state index in [1.165, 1.54) is 44.2 Å². The molecule has 1 heteroatoms. The molecule has 2 aliphatic carbocycles. The van der Waals surface area contributed by atoms with Gasteiger partial charge in [0.1, 0.15) is 0 Å². The first-order valence-corrected chi connectivity index (χ1v) is 10.1. The van der Waals surface area contributed by atoms with Crippen molar-refractivity contribution in [1.82, 2.24) is 5.32 Å². The summed E-state index contributed by atoms with van der Waals surface area (Å²) in [5.41, 5.74) is 5.62. The molecule has 0 heterocycles. The van der Waals surface area contributed by atoms with Gasteiger partial charge >= 0.3 is 0 Å². The summed E-state index contributed by atoms with van der Waals surface area (Å²) in [6.07, 6.45) is 6.75. The van der Waals surface area contributed by atoms with Crippen LogP contribution in [0.2, 0.25) is 0 Å². The van der Waals surface area contributed by atoms with Gasteiger partial charge in [0.25, 0.3) is 0 Å². The number of hydrogen-bond donors (Lipinski definition) is 1. The highest BCUT2D eigenvalue weighted by Crippen LogP contribution is 2.57. The summed E-state index contributed by atoms with van der Waals surface area (Å²) in [6, 6.07) is 7.98. The molecule has 0 aromatic heterocycles. The number of hydrogen-bond acceptors (Lipinski definition) is 1. The Balaban J connectivity index is 1.94. The van der Waals surface area contributed by atoms with Crippen molar-refractivity contribution in [3.63, 3.8) is 0 Å². The molecule has 1 fully saturated rings. The van der Waals surface area contributed by atoms with E-state index in [0.29, 0.717) is 22.8 Å². The van der Waals surface area contributed by atoms with E-state index in [1.54, 1.807) is 11.1 Å². The van der Waals surface area contributed by atoms with Gasteiger partial charge in [0.15, 0.2) is 0 Å². The van der Waals surface area contributed by atoms with E-state index in [-0.39, 0.29) is 0 Å². The Kier molecular flexibility index (Phi) is 4.86. The van der Waals surface area contributed by atoms with Crippen molar-refractivity contribution in [1.29, 1.82) is 0 Å². The molecule has 2 aliphatic rings. The average molecular weight is 328 g/mol. The molecule has 0 bridgehead atoms. The summed E-state index contributed by atoms with van der Waals surface area (Å²) in [4.78, 5) is 0. The molecule has 1 nitrogen and oxygen atoms in total. The second kappa shape index (κ2) is 6.48. The topological polar surface area (TPSA) is 12.0 Å². The zero-order chi connectivity index (χ0) is 17.5. The molecule has 1 aromatic rings. The Labute approximate surface area is 149 Å². The van der Waals surface area contributed by atoms with Crippen LogP contribution in [0.3, 0.4) is 0 Å². The van der Waals surface area contributed by atoms with E-state index >= 15 is 0 Å². The van der Waals surface area contributed by atoms with Crippen LogP contribution in [0.5, 0.6) is 0 Å². The van der Waals surface area contributed by atoms with Gasteiger partial charge in [0.2, 0.25) is 0 Å². The third-order valence-corrected chi connectivity index (χ3v) is 7.08. The van der Waals surface area contributed by atoms with Crippen molar-refractivity contribution in [3.05, 3.63) is 34.9 Å². The molecule has 0 amide bonds. The van der Waals surface area contributed by atoms with Gasteiger partial charge < -0.3 is 5.32 Å². The quantitative estimate of drug-likeness (QED) is 0.735. The minimum absolute atomic E-state index is 0.370. The number of rotatable bonds is 4. The normalized spacial score (nSPS) is 32.8. The molecule has 134 valence electrons. The lowest BCUT2D eigenvalue weighted by molar-refractivity contribution is 0.0246. The number of fused-ring (bicyclic) bond motifs is 3. The summed E-state index contributed by atoms with van der Waals surface area (Å²) in [5, 5.41) is 3.75. The molecule has 1 saturated carbocycles. The SMILES string of the molecule is CC(C)NC[C@]1(C)CCC[C@@]2(C)c3ccc(C(C)C)cc3CC[C@@H]12. The molecule has 0 saturated heterocycles. The van der Waals surface area contributed by atoms with Crippen LogP contribution in [0.4, 0.5) is 0 Å². The second-order valence-corrected chi connectivity index (χ2v) is 9.62. The Bertz CT molecular complexity index is 588. The summed E-state index contributed by atoms with van der Waals surface area (Å²) in [6.45, 7) is 15.5. The molecule has 1 aromatic carbocycles. The first-order valence-electron chi connectivity index (χ1n) is 10.1. The van der Waals surface area contributed by atoms with Crippen LogP contribution < -0.4 is 5.32 Å². The van der Waals surface area contributed by atoms with Gasteiger partial charge in [-0.1, -0.05) is 66.2 Å². The first kappa shape index (κ1) is 18.0. The predicted molar refractivity (Wildman–Crippen MR) is 105 cm³/mol. The molecule has 0 aliphatic heterocycles. The van der Waals surface area contributed by atoms with Gasteiger partial charge in [-0.2, -0.15) is 0 Å². The lowest BCUT2D eigenvalue weighted by Gasteiger charge is -2.56. The average Bonchev–Trinajstić information content (AvgIpc) is 2.52. The van der Waals surface area contributed by atoms with E-state index in [4.69, 9.17) is 0 Å². The van der Waals surface area contributed by atoms with Crippen LogP contribution >= 0.6 is 0 Å². The van der Waals surface area contributed by atoms with Crippen LogP contribution in [-0.2, 0) is 11.8 Å². The van der Waals surface area contributed by atoms with E-state index in [0.717, 1.165) is 5.92 Å². The van der Waals surface area contributed by atoms with Crippen LogP contribution in [0, 0.1) is 11.3 Å². The summed E-state index contributed by atoms with van der Waals surface area (Å²) < 4.78 is 0. The maximum absolute atomic E-state index is 3.75. The van der Waals surface area contributed by atoms with Gasteiger partial charge in [-0.3, -0.25) is 0 Å². The summed E-state index contributed by atoms with van der Waals surface area (Å²) in [5.74, 6) is 1.44. The highest BCUT2D eigenvalue weighted by atomic mass is 14.9. The largest absolute Gasteiger partial charge is 0.314 e. The van der Waals surface area contributed by atoms with Crippen molar-refractivity contribution in [2.75, 3.05) is 6.54 Å². The number of nitrogens with one attached hydrogen (secondary N) is 1. The smallest absolute Gasteiger partial charge is 0.00106 e. The molecular formula is C23H37N. The molecule has 0 radical (unpaired) electrons. The van der Waals surface area contributed by atoms with E-state index in [1.807, 2.05) is 0 Å². The van der Waals surface area contributed by atoms with Crippen LogP contribution in [0.25, 0.3) is 0 Å². The van der Waals surface area contributed by atoms with Crippen molar-refractivity contribution in [3.8, 4) is 0 Å². The highest BCUT2D eigenvalue weighted by molar-refractivity contribution is 5.42. The van der Waals surface area contributed by atoms with Crippen molar-refractivity contribution in [2.24, 2.45) is 11.3 Å². The Hall–Kier alpha value is -0.820. The summed E-state index contributed by atoms with van der Waals surface area (Å²) >= 11 is 0. The molecule has 1 N–H and O–H groups in total. The molecule has 24 heavy (non-hydrogen) atoms.